The largest absolute Gasteiger partial charge is 0.586 e. The Kier molecular flexibility index (Phi) is 2.89. The lowest BCUT2D eigenvalue weighted by Crippen LogP contribution is -2.26. The number of ketones is 1. The standard InChI is InChI=1S/C28H30F3NO5/c1-4-26(2,3)24-10-17-9-16(20(29)13-21(17)32(24)14-19(34)15-33)11-25(35)27(7-8-27)18-5-6-22-23(12-18)37-28(30,31)36-22/h5-6,9-10,12-13,19,33-34H,4,7-8,11,14-15H2,1-3H3/t19-/m1/s1/i2D3,5D,6D,7D2,8D2,9D,10D,12D,13D,14D2,15D2/t19-,26?. The van der Waals surface area contributed by atoms with Crippen molar-refractivity contribution < 1.29 is 61.0 Å². The molecule has 6 nitrogen and oxygen atoms in total. The molecule has 1 fully saturated rings. The summed E-state index contributed by atoms with van der Waals surface area (Å²) in [4.78, 5) is 14.2. The summed E-state index contributed by atoms with van der Waals surface area (Å²) in [5.41, 5.74) is -10.1. The molecular weight excluding hydrogens is 487 g/mol. The predicted octanol–water partition coefficient (Wildman–Crippen LogP) is 4.99. The van der Waals surface area contributed by atoms with E-state index in [1.54, 1.807) is 0 Å². The van der Waals surface area contributed by atoms with Crippen molar-refractivity contribution >= 4 is 16.7 Å². The van der Waals surface area contributed by atoms with Crippen LogP contribution in [0, 0.1) is 5.82 Å². The summed E-state index contributed by atoms with van der Waals surface area (Å²) in [6.45, 7) is -8.31. The van der Waals surface area contributed by atoms with Gasteiger partial charge in [-0.2, -0.15) is 0 Å². The van der Waals surface area contributed by atoms with Gasteiger partial charge in [0.05, 0.1) is 43.8 Å². The quantitative estimate of drug-likeness (QED) is 0.405. The average Bonchev–Trinajstić information content (AvgIpc) is 3.34. The van der Waals surface area contributed by atoms with Crippen LogP contribution in [-0.4, -0.2) is 39.5 Å². The molecule has 198 valence electrons. The van der Waals surface area contributed by atoms with Crippen LogP contribution in [0.2, 0.25) is 0 Å². The zero-order valence-electron chi connectivity index (χ0n) is 36.2. The van der Waals surface area contributed by atoms with E-state index in [-0.39, 0.29) is 4.57 Å². The molecule has 9 heteroatoms. The first-order chi connectivity index (χ1) is 24.2. The Hall–Kier alpha value is -3.04. The van der Waals surface area contributed by atoms with Gasteiger partial charge in [0.15, 0.2) is 11.5 Å². The molecule has 1 aliphatic heterocycles. The second-order valence-electron chi connectivity index (χ2n) is 8.60. The fourth-order valence-corrected chi connectivity index (χ4v) is 3.73. The highest BCUT2D eigenvalue weighted by molar-refractivity contribution is 5.95. The SMILES string of the molecule is [2H]c1c([2H])c(C2(C(=O)Cc3c(F)c([2H])c4c(c3[2H])c([2H])c(C(C)(CC)C([2H])([2H])[2H])n4C([2H])([2H])[C@@H](O)C([2H])([2H])O)C([2H])([2H])C2([2H])[2H])c([2H])c2c1OC(F)(F)O2. The number of halogens is 3. The first-order valence-corrected chi connectivity index (χ1v) is 10.8. The highest BCUT2D eigenvalue weighted by atomic mass is 19.3. The molecule has 0 amide bonds. The van der Waals surface area contributed by atoms with E-state index in [1.807, 2.05) is 0 Å². The number of fused-ring (bicyclic) bond motifs is 2. The maximum Gasteiger partial charge on any atom is 0.586 e. The number of aliphatic hydroxyl groups excluding tert-OH is 1. The highest BCUT2D eigenvalue weighted by Crippen LogP contribution is 2.52. The Morgan fingerprint density at radius 2 is 2.03 bits per heavy atom. The van der Waals surface area contributed by atoms with Gasteiger partial charge < -0.3 is 24.3 Å². The van der Waals surface area contributed by atoms with E-state index in [2.05, 4.69) is 9.47 Å². The molecule has 2 aromatic carbocycles. The molecule has 5 rings (SSSR count). The normalized spacial score (nSPS) is 30.1. The minimum absolute atomic E-state index is 0.116. The van der Waals surface area contributed by atoms with E-state index >= 15 is 4.39 Å². The van der Waals surface area contributed by atoms with Crippen molar-refractivity contribution in [2.75, 3.05) is 6.56 Å². The van der Waals surface area contributed by atoms with E-state index < -0.39 is 156 Å². The van der Waals surface area contributed by atoms with E-state index in [4.69, 9.17) is 23.3 Å². The van der Waals surface area contributed by atoms with Crippen molar-refractivity contribution in [2.45, 2.75) is 76.0 Å². The van der Waals surface area contributed by atoms with Crippen LogP contribution >= 0.6 is 0 Å². The summed E-state index contributed by atoms with van der Waals surface area (Å²) in [6, 6.07) is -7.71. The smallest absolute Gasteiger partial charge is 0.395 e. The third kappa shape index (κ3) is 4.48. The topological polar surface area (TPSA) is 80.9 Å². The van der Waals surface area contributed by atoms with Gasteiger partial charge in [0.2, 0.25) is 0 Å². The predicted molar refractivity (Wildman–Crippen MR) is 131 cm³/mol. The number of aromatic nitrogens is 1. The number of nitrogens with zero attached hydrogens (tertiary/aromatic N) is 1. The molecule has 0 radical (unpaired) electrons. The monoisotopic (exact) mass is 534 g/mol. The van der Waals surface area contributed by atoms with Gasteiger partial charge in [-0.1, -0.05) is 26.7 Å². The van der Waals surface area contributed by atoms with Crippen molar-refractivity contribution in [3.63, 3.8) is 0 Å². The van der Waals surface area contributed by atoms with E-state index in [1.165, 1.54) is 6.92 Å². The molecule has 3 aromatic rings. The summed E-state index contributed by atoms with van der Waals surface area (Å²) in [7, 11) is 0. The number of Topliss-reactive ketones (excluding diaryl/α,β-unsaturated/α-hetero) is 1. The van der Waals surface area contributed by atoms with E-state index in [9.17, 15) is 23.8 Å². The second kappa shape index (κ2) is 8.77. The van der Waals surface area contributed by atoms with Crippen molar-refractivity contribution in [1.29, 1.82) is 0 Å². The molecule has 1 aliphatic carbocycles. The lowest BCUT2D eigenvalue weighted by atomic mass is 9.86. The summed E-state index contributed by atoms with van der Waals surface area (Å²) in [5.74, 6) is -6.02. The van der Waals surface area contributed by atoms with Gasteiger partial charge in [-0.3, -0.25) is 4.79 Å². The van der Waals surface area contributed by atoms with Crippen LogP contribution in [0.3, 0.4) is 0 Å². The summed E-state index contributed by atoms with van der Waals surface area (Å²) >= 11 is 0. The van der Waals surface area contributed by atoms with Crippen molar-refractivity contribution in [1.82, 2.24) is 4.57 Å². The summed E-state index contributed by atoms with van der Waals surface area (Å²) < 4.78 is 195. The fourth-order valence-electron chi connectivity index (χ4n) is 3.73. The Bertz CT molecular complexity index is 2120. The molecule has 1 saturated carbocycles. The Morgan fingerprint density at radius 1 is 1.30 bits per heavy atom. The number of carbonyl (C=O) groups excluding carboxylic acids is 1. The molecule has 37 heavy (non-hydrogen) atoms. The van der Waals surface area contributed by atoms with Crippen LogP contribution in [0.25, 0.3) is 10.9 Å². The van der Waals surface area contributed by atoms with Crippen molar-refractivity contribution in [3.05, 3.63) is 58.9 Å². The minimum Gasteiger partial charge on any atom is -0.395 e. The lowest BCUT2D eigenvalue weighted by molar-refractivity contribution is -0.286. The van der Waals surface area contributed by atoms with Crippen LogP contribution in [0.1, 0.15) is 80.0 Å². The zero-order valence-corrected chi connectivity index (χ0v) is 19.2. The first-order valence-electron chi connectivity index (χ1n) is 19.3. The average molecular weight is 535 g/mol. The number of benzene rings is 2. The molecule has 2 heterocycles. The molecule has 1 unspecified atom stereocenters. The zero-order chi connectivity index (χ0) is 41.6. The van der Waals surface area contributed by atoms with E-state index in [0.29, 0.717) is 0 Å². The first kappa shape index (κ1) is 12.2. The minimum atomic E-state index is -4.48. The van der Waals surface area contributed by atoms with Crippen LogP contribution in [0.4, 0.5) is 13.2 Å². The fraction of sp³-hybridized carbons (Fsp3) is 0.464. The van der Waals surface area contributed by atoms with Crippen LogP contribution in [0.5, 0.6) is 11.5 Å². The van der Waals surface area contributed by atoms with Gasteiger partial charge in [-0.25, -0.2) is 4.39 Å². The number of carbonyl (C=O) groups is 1. The number of ether oxygens (including phenoxy) is 2. The van der Waals surface area contributed by atoms with Gasteiger partial charge in [-0.05, 0) is 60.5 Å². The molecule has 1 aromatic heterocycles. The number of aliphatic hydroxyl groups is 2. The third-order valence-corrected chi connectivity index (χ3v) is 5.99. The van der Waals surface area contributed by atoms with Crippen LogP contribution < -0.4 is 9.47 Å². The molecule has 0 saturated heterocycles. The number of alkyl halides is 2. The van der Waals surface area contributed by atoms with E-state index in [0.717, 1.165) is 6.92 Å². The van der Waals surface area contributed by atoms with Crippen LogP contribution in [-0.2, 0) is 28.5 Å². The van der Waals surface area contributed by atoms with Gasteiger partial charge >= 0.3 is 6.29 Å². The molecule has 2 N–H and O–H groups in total. The third-order valence-electron chi connectivity index (χ3n) is 5.99. The molecular formula is C28H30F3NO5. The maximum absolute atomic E-state index is 16.4. The Labute approximate surface area is 236 Å². The molecule has 2 atom stereocenters. The van der Waals surface area contributed by atoms with Crippen LogP contribution in [0.15, 0.2) is 36.3 Å². The number of hydrogen-bond donors (Lipinski definition) is 2. The Balaban J connectivity index is 1.84. The number of rotatable bonds is 9. The molecule has 0 spiro atoms. The highest BCUT2D eigenvalue weighted by Gasteiger charge is 2.52. The molecule has 2 aliphatic rings. The van der Waals surface area contributed by atoms with Crippen molar-refractivity contribution in [3.8, 4) is 11.5 Å². The van der Waals surface area contributed by atoms with Gasteiger partial charge in [0.1, 0.15) is 11.6 Å². The lowest BCUT2D eigenvalue weighted by Gasteiger charge is -2.26. The molecule has 0 bridgehead atoms. The van der Waals surface area contributed by atoms with Gasteiger partial charge in [0, 0.05) is 32.5 Å². The maximum atomic E-state index is 16.4. The Morgan fingerprint density at radius 3 is 2.68 bits per heavy atom. The number of hydrogen-bond acceptors (Lipinski definition) is 5. The summed E-state index contributed by atoms with van der Waals surface area (Å²) in [5, 5.41) is 19.6. The summed E-state index contributed by atoms with van der Waals surface area (Å²) in [6.07, 6.45) is -16.4. The second-order valence-corrected chi connectivity index (χ2v) is 8.60. The van der Waals surface area contributed by atoms with Crippen molar-refractivity contribution in [2.24, 2.45) is 0 Å². The van der Waals surface area contributed by atoms with Gasteiger partial charge in [0.25, 0.3) is 0 Å². The van der Waals surface area contributed by atoms with Gasteiger partial charge in [-0.15, -0.1) is 8.78 Å².